The van der Waals surface area contributed by atoms with Crippen LogP contribution in [0.2, 0.25) is 0 Å². The third-order valence-electron chi connectivity index (χ3n) is 3.52. The van der Waals surface area contributed by atoms with Crippen LogP contribution in [0.15, 0.2) is 51.4 Å². The van der Waals surface area contributed by atoms with Crippen molar-refractivity contribution in [3.05, 3.63) is 57.0 Å². The number of hydrazine groups is 1. The van der Waals surface area contributed by atoms with Gasteiger partial charge in [-0.25, -0.2) is 0 Å². The van der Waals surface area contributed by atoms with Crippen LogP contribution in [0.5, 0.6) is 5.75 Å². The van der Waals surface area contributed by atoms with Gasteiger partial charge < -0.3 is 10.1 Å². The Morgan fingerprint density at radius 3 is 2.25 bits per heavy atom. The van der Waals surface area contributed by atoms with Gasteiger partial charge in [0.25, 0.3) is 5.91 Å². The number of nitrogens with one attached hydrogen (secondary N) is 3. The number of para-hydroxylation sites is 1. The molecule has 0 spiro atoms. The number of anilines is 1. The number of halogens is 2. The van der Waals surface area contributed by atoms with Gasteiger partial charge in [0.1, 0.15) is 5.75 Å². The van der Waals surface area contributed by atoms with Crippen LogP contribution >= 0.6 is 31.9 Å². The molecule has 0 atom stereocenters. The Hall–Kier alpha value is -2.39. The van der Waals surface area contributed by atoms with Crippen molar-refractivity contribution in [1.29, 1.82) is 0 Å². The standard InChI is InChI=1S/C19H19Br2N3O4/c1-12-9-13(20)10-15(21)19(12)28-11-18(27)24-23-17(26)8-7-16(25)22-14-5-3-2-4-6-14/h2-6,9-10H,7-8,11H2,1H3,(H,22,25)(H,23,26)(H,24,27). The third kappa shape index (κ3) is 7.32. The van der Waals surface area contributed by atoms with Crippen LogP contribution in [0.25, 0.3) is 0 Å². The molecule has 0 bridgehead atoms. The maximum atomic E-state index is 11.8. The van der Waals surface area contributed by atoms with E-state index >= 15 is 0 Å². The first kappa shape index (κ1) is 21.9. The maximum absolute atomic E-state index is 11.8. The van der Waals surface area contributed by atoms with E-state index in [1.54, 1.807) is 24.3 Å². The molecule has 7 nitrogen and oxygen atoms in total. The predicted octanol–water partition coefficient (Wildman–Crippen LogP) is 3.47. The number of carbonyl (C=O) groups excluding carboxylic acids is 3. The molecule has 0 aliphatic carbocycles. The van der Waals surface area contributed by atoms with Gasteiger partial charge in [0.15, 0.2) is 6.61 Å². The largest absolute Gasteiger partial charge is 0.482 e. The number of benzene rings is 2. The van der Waals surface area contributed by atoms with Crippen molar-refractivity contribution in [2.24, 2.45) is 0 Å². The van der Waals surface area contributed by atoms with E-state index in [0.29, 0.717) is 15.9 Å². The zero-order chi connectivity index (χ0) is 20.5. The quantitative estimate of drug-likeness (QED) is 0.495. The fraction of sp³-hybridized carbons (Fsp3) is 0.211. The summed E-state index contributed by atoms with van der Waals surface area (Å²) in [6.07, 6.45) is -0.0602. The minimum absolute atomic E-state index is 0.00185. The molecule has 0 fully saturated rings. The average molecular weight is 513 g/mol. The molecule has 2 aromatic carbocycles. The van der Waals surface area contributed by atoms with Crippen molar-refractivity contribution < 1.29 is 19.1 Å². The van der Waals surface area contributed by atoms with E-state index in [1.165, 1.54) is 0 Å². The summed E-state index contributed by atoms with van der Waals surface area (Å²) >= 11 is 6.74. The molecule has 0 saturated heterocycles. The van der Waals surface area contributed by atoms with Crippen molar-refractivity contribution in [3.63, 3.8) is 0 Å². The van der Waals surface area contributed by atoms with Gasteiger partial charge in [0.05, 0.1) is 4.47 Å². The zero-order valence-electron chi connectivity index (χ0n) is 15.1. The predicted molar refractivity (Wildman–Crippen MR) is 113 cm³/mol. The molecule has 0 aliphatic heterocycles. The van der Waals surface area contributed by atoms with Gasteiger partial charge in [-0.15, -0.1) is 0 Å². The summed E-state index contributed by atoms with van der Waals surface area (Å²) in [6.45, 7) is 1.58. The Balaban J connectivity index is 1.68. The monoisotopic (exact) mass is 511 g/mol. The fourth-order valence-electron chi connectivity index (χ4n) is 2.22. The fourth-order valence-corrected chi connectivity index (χ4v) is 3.77. The summed E-state index contributed by atoms with van der Waals surface area (Å²) in [5.41, 5.74) is 6.02. The highest BCUT2D eigenvalue weighted by Crippen LogP contribution is 2.32. The van der Waals surface area contributed by atoms with Gasteiger partial charge in [-0.05, 0) is 52.7 Å². The number of rotatable bonds is 7. The van der Waals surface area contributed by atoms with Gasteiger partial charge in [-0.2, -0.15) is 0 Å². The Morgan fingerprint density at radius 1 is 0.929 bits per heavy atom. The summed E-state index contributed by atoms with van der Waals surface area (Å²) in [4.78, 5) is 35.4. The van der Waals surface area contributed by atoms with Gasteiger partial charge in [0.2, 0.25) is 11.8 Å². The molecule has 0 aliphatic rings. The van der Waals surface area contributed by atoms with E-state index < -0.39 is 11.8 Å². The van der Waals surface area contributed by atoms with E-state index in [2.05, 4.69) is 48.0 Å². The molecular weight excluding hydrogens is 494 g/mol. The average Bonchev–Trinajstić information content (AvgIpc) is 2.64. The number of aryl methyl sites for hydroxylation is 1. The first-order valence-corrected chi connectivity index (χ1v) is 9.95. The summed E-state index contributed by atoms with van der Waals surface area (Å²) < 4.78 is 7.08. The van der Waals surface area contributed by atoms with Crippen LogP contribution in [-0.2, 0) is 14.4 Å². The number of ether oxygens (including phenoxy) is 1. The molecule has 3 N–H and O–H groups in total. The summed E-state index contributed by atoms with van der Waals surface area (Å²) in [5, 5.41) is 2.68. The van der Waals surface area contributed by atoms with Crippen LogP contribution in [0.3, 0.4) is 0 Å². The number of hydrogen-bond acceptors (Lipinski definition) is 4. The molecule has 0 saturated carbocycles. The first-order valence-electron chi connectivity index (χ1n) is 8.36. The minimum atomic E-state index is -0.517. The number of carbonyl (C=O) groups is 3. The highest BCUT2D eigenvalue weighted by Gasteiger charge is 2.11. The number of amides is 3. The van der Waals surface area contributed by atoms with Gasteiger partial charge in [0, 0.05) is 23.0 Å². The van der Waals surface area contributed by atoms with Crippen LogP contribution in [0, 0.1) is 6.92 Å². The molecule has 0 aromatic heterocycles. The van der Waals surface area contributed by atoms with E-state index in [4.69, 9.17) is 4.74 Å². The Morgan fingerprint density at radius 2 is 1.57 bits per heavy atom. The summed E-state index contributed by atoms with van der Waals surface area (Å²) in [6, 6.07) is 12.6. The lowest BCUT2D eigenvalue weighted by molar-refractivity contribution is -0.130. The molecule has 9 heteroatoms. The normalized spacial score (nSPS) is 10.1. The lowest BCUT2D eigenvalue weighted by Crippen LogP contribution is -2.44. The second-order valence-corrected chi connectivity index (χ2v) is 7.60. The topological polar surface area (TPSA) is 96.5 Å². The molecule has 3 amide bonds. The number of hydrogen-bond donors (Lipinski definition) is 3. The maximum Gasteiger partial charge on any atom is 0.276 e. The Labute approximate surface area is 179 Å². The Bertz CT molecular complexity index is 837. The minimum Gasteiger partial charge on any atom is -0.482 e. The van der Waals surface area contributed by atoms with E-state index in [-0.39, 0.29) is 25.4 Å². The second-order valence-electron chi connectivity index (χ2n) is 5.83. The van der Waals surface area contributed by atoms with E-state index in [1.807, 2.05) is 25.1 Å². The molecule has 2 rings (SSSR count). The smallest absolute Gasteiger partial charge is 0.276 e. The summed E-state index contributed by atoms with van der Waals surface area (Å²) in [7, 11) is 0. The van der Waals surface area contributed by atoms with Gasteiger partial charge >= 0.3 is 0 Å². The van der Waals surface area contributed by atoms with Gasteiger partial charge in [-0.1, -0.05) is 34.1 Å². The van der Waals surface area contributed by atoms with Gasteiger partial charge in [-0.3, -0.25) is 25.2 Å². The summed E-state index contributed by atoms with van der Waals surface area (Å²) in [5.74, 6) is -0.734. The second kappa shape index (κ2) is 10.8. The van der Waals surface area contributed by atoms with Crippen molar-refractivity contribution >= 4 is 55.3 Å². The van der Waals surface area contributed by atoms with Crippen LogP contribution < -0.4 is 20.9 Å². The third-order valence-corrected chi connectivity index (χ3v) is 4.57. The van der Waals surface area contributed by atoms with E-state index in [9.17, 15) is 14.4 Å². The molecule has 0 radical (unpaired) electrons. The van der Waals surface area contributed by atoms with Crippen LogP contribution in [-0.4, -0.2) is 24.3 Å². The van der Waals surface area contributed by atoms with Crippen molar-refractivity contribution in [3.8, 4) is 5.75 Å². The lowest BCUT2D eigenvalue weighted by atomic mass is 10.2. The molecular formula is C19H19Br2N3O4. The van der Waals surface area contributed by atoms with E-state index in [0.717, 1.165) is 10.0 Å². The molecule has 28 heavy (non-hydrogen) atoms. The molecule has 148 valence electrons. The SMILES string of the molecule is Cc1cc(Br)cc(Br)c1OCC(=O)NNC(=O)CCC(=O)Nc1ccccc1. The molecule has 2 aromatic rings. The van der Waals surface area contributed by atoms with Crippen molar-refractivity contribution in [2.75, 3.05) is 11.9 Å². The molecule has 0 unspecified atom stereocenters. The zero-order valence-corrected chi connectivity index (χ0v) is 18.2. The van der Waals surface area contributed by atoms with Crippen LogP contribution in [0.1, 0.15) is 18.4 Å². The highest BCUT2D eigenvalue weighted by atomic mass is 79.9. The lowest BCUT2D eigenvalue weighted by Gasteiger charge is -2.12. The first-order chi connectivity index (χ1) is 13.3. The van der Waals surface area contributed by atoms with Crippen LogP contribution in [0.4, 0.5) is 5.69 Å². The molecule has 0 heterocycles. The van der Waals surface area contributed by atoms with Crippen molar-refractivity contribution in [2.45, 2.75) is 19.8 Å². The Kier molecular flexibility index (Phi) is 8.46. The highest BCUT2D eigenvalue weighted by molar-refractivity contribution is 9.11. The van der Waals surface area contributed by atoms with Crippen molar-refractivity contribution in [1.82, 2.24) is 10.9 Å².